The van der Waals surface area contributed by atoms with Crippen LogP contribution in [0.15, 0.2) is 194 Å². The van der Waals surface area contributed by atoms with Crippen molar-refractivity contribution < 1.29 is 42.9 Å². The van der Waals surface area contributed by atoms with Crippen molar-refractivity contribution >= 4 is 17.9 Å². The number of quaternary nitrogens is 1. The Labute approximate surface area is 582 Å². The van der Waals surface area contributed by atoms with Crippen molar-refractivity contribution in [1.29, 1.82) is 0 Å². The maximum absolute atomic E-state index is 13.0. The summed E-state index contributed by atoms with van der Waals surface area (Å²) in [5, 5.41) is 11.9. The van der Waals surface area contributed by atoms with E-state index in [4.69, 9.17) is 18.9 Å². The SMILES string of the molecule is CC/C=C\C/C=C\C/C=C\C/C=C\C/C=C\C/C=C\C/C=C\C/C=C\C/C=C\C/C=C\CCCCCCCCC(=O)OC(COC(=O)CCCCCCCCCCCCCCCC/C=C\C/C=C\C/C=C\C/C=C\C/C=C\C/C=C\CC)COC(OCC[N+](C)(C)C)C(=O)[O-]. The summed E-state index contributed by atoms with van der Waals surface area (Å²) in [6, 6.07) is 0. The first-order valence-corrected chi connectivity index (χ1v) is 37.6. The Kier molecular flexibility index (Phi) is 69.4. The number of rotatable bonds is 67. The summed E-state index contributed by atoms with van der Waals surface area (Å²) in [7, 11) is 5.92. The van der Waals surface area contributed by atoms with Gasteiger partial charge in [0.25, 0.3) is 0 Å². The number of aliphatic carboxylic acids is 1. The summed E-state index contributed by atoms with van der Waals surface area (Å²) >= 11 is 0. The van der Waals surface area contributed by atoms with Gasteiger partial charge in [0.05, 0.1) is 40.3 Å². The number of carbonyl (C=O) groups is 3. The van der Waals surface area contributed by atoms with Crippen LogP contribution in [0, 0.1) is 0 Å². The molecule has 0 saturated carbocycles. The summed E-state index contributed by atoms with van der Waals surface area (Å²) < 4.78 is 22.8. The monoisotopic (exact) mass is 1310 g/mol. The lowest BCUT2D eigenvalue weighted by Gasteiger charge is -2.26. The zero-order valence-electron chi connectivity index (χ0n) is 61.0. The number of unbranched alkanes of at least 4 members (excludes halogenated alkanes) is 20. The standard InChI is InChI=1S/C86H137NO8/c1-6-8-10-12-14-16-18-20-22-24-26-28-30-32-34-36-38-40-41-42-43-45-47-49-51-53-55-57-59-61-63-65-67-69-71-73-75-77-84(89)95-82(81-94-86(85(90)91)92-79-78-87(3,4)5)80-93-83(88)76-74-72-70-68-66-64-62-60-58-56-54-52-50-48-46-44-39-37-35-33-31-29-27-25-23-21-19-17-15-13-11-9-7-2/h8-11,14-17,20-23,26-29,32-35,38-40,42-44,47,49,53,55,59,61,82,86H,6-7,12-13,18-19,24-25,30-31,36-37,41,45-46,48,50-52,54,56-58,60,62-81H2,1-5H3/b10-8-,11-9-,16-14-,17-15-,22-20-,23-21-,28-26-,29-27-,34-32-,35-33-,40-38-,43-42-,44-39-,49-47-,55-53-,61-59-. The Bertz CT molecular complexity index is 2270. The summed E-state index contributed by atoms with van der Waals surface area (Å²) in [5.41, 5.74) is 0. The number of hydrogen-bond acceptors (Lipinski definition) is 8. The number of allylic oxidation sites excluding steroid dienone is 32. The van der Waals surface area contributed by atoms with E-state index in [1.165, 1.54) is 77.0 Å². The topological polar surface area (TPSA) is 111 Å². The summed E-state index contributed by atoms with van der Waals surface area (Å²) in [6.07, 6.45) is 111. The molecule has 2 unspecified atom stereocenters. The number of ether oxygens (including phenoxy) is 4. The quantitative estimate of drug-likeness (QED) is 0.0195. The van der Waals surface area contributed by atoms with E-state index in [-0.39, 0.29) is 38.6 Å². The lowest BCUT2D eigenvalue weighted by atomic mass is 10.0. The Morgan fingerprint density at radius 1 is 0.316 bits per heavy atom. The fraction of sp³-hybridized carbons (Fsp3) is 0.593. The first-order chi connectivity index (χ1) is 46.6. The van der Waals surface area contributed by atoms with Crippen molar-refractivity contribution in [1.82, 2.24) is 0 Å². The molecule has 0 radical (unpaired) electrons. The molecule has 95 heavy (non-hydrogen) atoms. The molecule has 2 atom stereocenters. The van der Waals surface area contributed by atoms with Gasteiger partial charge in [-0.1, -0.05) is 311 Å². The zero-order chi connectivity index (χ0) is 69.0. The highest BCUT2D eigenvalue weighted by atomic mass is 16.7. The molecule has 0 aromatic heterocycles. The highest BCUT2D eigenvalue weighted by molar-refractivity contribution is 5.70. The first kappa shape index (κ1) is 89.1. The third-order valence-electron chi connectivity index (χ3n) is 15.3. The van der Waals surface area contributed by atoms with Gasteiger partial charge in [-0.2, -0.15) is 0 Å². The van der Waals surface area contributed by atoms with E-state index in [1.54, 1.807) is 0 Å². The predicted molar refractivity (Wildman–Crippen MR) is 407 cm³/mol. The molecule has 9 heteroatoms. The van der Waals surface area contributed by atoms with Crippen LogP contribution in [0.3, 0.4) is 0 Å². The third-order valence-corrected chi connectivity index (χ3v) is 15.3. The van der Waals surface area contributed by atoms with Gasteiger partial charge in [0.2, 0.25) is 0 Å². The molecule has 0 aliphatic carbocycles. The van der Waals surface area contributed by atoms with Gasteiger partial charge >= 0.3 is 11.9 Å². The van der Waals surface area contributed by atoms with Crippen LogP contribution in [0.4, 0.5) is 0 Å². The molecule has 0 aliphatic rings. The predicted octanol–water partition coefficient (Wildman–Crippen LogP) is 22.8. The van der Waals surface area contributed by atoms with Crippen molar-refractivity contribution in [3.63, 3.8) is 0 Å². The number of carboxylic acid groups (broad SMARTS) is 1. The van der Waals surface area contributed by atoms with E-state index in [1.807, 2.05) is 21.1 Å². The fourth-order valence-corrected chi connectivity index (χ4v) is 9.69. The molecule has 0 rings (SSSR count). The van der Waals surface area contributed by atoms with E-state index in [0.717, 1.165) is 161 Å². The molecule has 9 nitrogen and oxygen atoms in total. The van der Waals surface area contributed by atoms with Crippen LogP contribution in [-0.4, -0.2) is 82.3 Å². The molecule has 0 saturated heterocycles. The average molecular weight is 1310 g/mol. The third kappa shape index (κ3) is 75.4. The lowest BCUT2D eigenvalue weighted by molar-refractivity contribution is -0.870. The fourth-order valence-electron chi connectivity index (χ4n) is 9.69. The molecule has 0 amide bonds. The molecule has 0 aromatic rings. The normalized spacial score (nSPS) is 13.8. The van der Waals surface area contributed by atoms with Crippen molar-refractivity contribution in [2.24, 2.45) is 0 Å². The zero-order valence-corrected chi connectivity index (χ0v) is 61.0. The number of likely N-dealkylation sites (N-methyl/N-ethyl adjacent to an activating group) is 1. The summed E-state index contributed by atoms with van der Waals surface area (Å²) in [6.45, 7) is 4.49. The highest BCUT2D eigenvalue weighted by Crippen LogP contribution is 2.16. The van der Waals surface area contributed by atoms with E-state index >= 15 is 0 Å². The minimum absolute atomic E-state index is 0.135. The average Bonchev–Trinajstić information content (AvgIpc) is 3.75. The van der Waals surface area contributed by atoms with Gasteiger partial charge < -0.3 is 33.3 Å². The van der Waals surface area contributed by atoms with Crippen molar-refractivity contribution in [2.75, 3.05) is 47.5 Å². The maximum Gasteiger partial charge on any atom is 0.306 e. The van der Waals surface area contributed by atoms with Gasteiger partial charge in [-0.3, -0.25) is 9.59 Å². The smallest absolute Gasteiger partial charge is 0.306 e. The molecular weight excluding hydrogens is 1170 g/mol. The van der Waals surface area contributed by atoms with Crippen LogP contribution in [0.5, 0.6) is 0 Å². The largest absolute Gasteiger partial charge is 0.545 e. The van der Waals surface area contributed by atoms with Crippen molar-refractivity contribution in [3.05, 3.63) is 194 Å². The van der Waals surface area contributed by atoms with Gasteiger partial charge in [0.15, 0.2) is 12.4 Å². The van der Waals surface area contributed by atoms with Crippen molar-refractivity contribution in [3.8, 4) is 0 Å². The Morgan fingerprint density at radius 3 is 0.842 bits per heavy atom. The van der Waals surface area contributed by atoms with Crippen LogP contribution >= 0.6 is 0 Å². The lowest BCUT2D eigenvalue weighted by Crippen LogP contribution is -2.44. The molecule has 0 aliphatic heterocycles. The van der Waals surface area contributed by atoms with Gasteiger partial charge in [-0.25, -0.2) is 0 Å². The molecule has 534 valence electrons. The minimum Gasteiger partial charge on any atom is -0.545 e. The van der Waals surface area contributed by atoms with Crippen LogP contribution in [0.1, 0.15) is 271 Å². The Hall–Kier alpha value is -5.87. The molecular formula is C86H137NO8. The molecule has 0 bridgehead atoms. The minimum atomic E-state index is -1.64. The number of nitrogens with zero attached hydrogens (tertiary/aromatic N) is 1. The second-order valence-corrected chi connectivity index (χ2v) is 25.5. The van der Waals surface area contributed by atoms with Crippen LogP contribution < -0.4 is 5.11 Å². The molecule has 0 aromatic carbocycles. The van der Waals surface area contributed by atoms with Gasteiger partial charge in [-0.15, -0.1) is 0 Å². The van der Waals surface area contributed by atoms with E-state index < -0.39 is 24.3 Å². The van der Waals surface area contributed by atoms with Crippen LogP contribution in [0.2, 0.25) is 0 Å². The number of esters is 2. The van der Waals surface area contributed by atoms with Crippen molar-refractivity contribution in [2.45, 2.75) is 283 Å². The molecule has 0 spiro atoms. The summed E-state index contributed by atoms with van der Waals surface area (Å²) in [4.78, 5) is 37.6. The van der Waals surface area contributed by atoms with E-state index in [0.29, 0.717) is 17.4 Å². The van der Waals surface area contributed by atoms with Crippen LogP contribution in [0.25, 0.3) is 0 Å². The molecule has 0 heterocycles. The van der Waals surface area contributed by atoms with Gasteiger partial charge in [0.1, 0.15) is 13.2 Å². The number of carboxylic acids is 1. The first-order valence-electron chi connectivity index (χ1n) is 37.6. The Balaban J connectivity index is 4.19. The number of hydrogen-bond donors (Lipinski definition) is 0. The molecule has 0 N–H and O–H groups in total. The highest BCUT2D eigenvalue weighted by Gasteiger charge is 2.22. The van der Waals surface area contributed by atoms with Gasteiger partial charge in [0, 0.05) is 12.8 Å². The molecule has 0 fully saturated rings. The van der Waals surface area contributed by atoms with E-state index in [2.05, 4.69) is 208 Å². The Morgan fingerprint density at radius 2 is 0.568 bits per heavy atom. The second-order valence-electron chi connectivity index (χ2n) is 25.5. The van der Waals surface area contributed by atoms with E-state index in [9.17, 15) is 19.5 Å². The van der Waals surface area contributed by atoms with Crippen LogP contribution in [-0.2, 0) is 33.3 Å². The maximum atomic E-state index is 13.0. The summed E-state index contributed by atoms with van der Waals surface area (Å²) in [5.74, 6) is -2.32. The second kappa shape index (κ2) is 73.9. The van der Waals surface area contributed by atoms with Gasteiger partial charge in [-0.05, 0) is 141 Å². The number of carbonyl (C=O) groups excluding carboxylic acids is 3.